The summed E-state index contributed by atoms with van der Waals surface area (Å²) in [6, 6.07) is 1.68. The molecule has 2 aliphatic rings. The van der Waals surface area contributed by atoms with E-state index in [0.29, 0.717) is 25.3 Å². The van der Waals surface area contributed by atoms with Crippen LogP contribution < -0.4 is 5.32 Å². The maximum Gasteiger partial charge on any atom is 0.257 e. The first kappa shape index (κ1) is 16.0. The average Bonchev–Trinajstić information content (AvgIpc) is 3.23. The lowest BCUT2D eigenvalue weighted by molar-refractivity contribution is -0.127. The SMILES string of the molecule is CNC(=O)COC1COC2(CCN(C(=O)c3ccoc3)CC2)C1. The van der Waals surface area contributed by atoms with Crippen LogP contribution >= 0.6 is 0 Å². The molecular formula is C16H22N2O5. The molecule has 2 aliphatic heterocycles. The summed E-state index contributed by atoms with van der Waals surface area (Å²) in [6.45, 7) is 1.89. The average molecular weight is 322 g/mol. The maximum atomic E-state index is 12.3. The van der Waals surface area contributed by atoms with E-state index in [2.05, 4.69) is 5.32 Å². The number of carbonyl (C=O) groups excluding carboxylic acids is 2. The number of hydrogen-bond donors (Lipinski definition) is 1. The number of amides is 2. The molecule has 1 N–H and O–H groups in total. The molecule has 0 aromatic carbocycles. The quantitative estimate of drug-likeness (QED) is 0.887. The van der Waals surface area contributed by atoms with E-state index in [0.717, 1.165) is 19.3 Å². The number of likely N-dealkylation sites (N-methyl/N-ethyl adjacent to an activating group) is 1. The molecule has 1 atom stereocenters. The first-order chi connectivity index (χ1) is 11.1. The van der Waals surface area contributed by atoms with Crippen molar-refractivity contribution in [3.63, 3.8) is 0 Å². The van der Waals surface area contributed by atoms with Crippen molar-refractivity contribution < 1.29 is 23.5 Å². The molecule has 0 aliphatic carbocycles. The van der Waals surface area contributed by atoms with Gasteiger partial charge in [-0.05, 0) is 18.9 Å². The van der Waals surface area contributed by atoms with Gasteiger partial charge in [-0.2, -0.15) is 0 Å². The van der Waals surface area contributed by atoms with Crippen molar-refractivity contribution in [3.05, 3.63) is 24.2 Å². The number of hydrogen-bond acceptors (Lipinski definition) is 5. The zero-order valence-corrected chi connectivity index (χ0v) is 13.2. The van der Waals surface area contributed by atoms with E-state index in [1.165, 1.54) is 12.5 Å². The van der Waals surface area contributed by atoms with Crippen LogP contribution in [-0.2, 0) is 14.3 Å². The zero-order valence-electron chi connectivity index (χ0n) is 13.2. The van der Waals surface area contributed by atoms with Gasteiger partial charge in [-0.3, -0.25) is 9.59 Å². The van der Waals surface area contributed by atoms with Gasteiger partial charge in [0.1, 0.15) is 12.9 Å². The van der Waals surface area contributed by atoms with Crippen molar-refractivity contribution >= 4 is 11.8 Å². The van der Waals surface area contributed by atoms with Crippen LogP contribution in [0, 0.1) is 0 Å². The normalized spacial score (nSPS) is 23.2. The molecule has 0 bridgehead atoms. The number of carbonyl (C=O) groups is 2. The number of furan rings is 1. The molecule has 3 rings (SSSR count). The molecule has 2 fully saturated rings. The second-order valence-corrected chi connectivity index (χ2v) is 6.11. The third-order valence-corrected chi connectivity index (χ3v) is 4.63. The van der Waals surface area contributed by atoms with Crippen molar-refractivity contribution in [3.8, 4) is 0 Å². The van der Waals surface area contributed by atoms with Gasteiger partial charge in [0.25, 0.3) is 5.91 Å². The largest absolute Gasteiger partial charge is 0.472 e. The molecule has 1 unspecified atom stereocenters. The Morgan fingerprint density at radius 1 is 1.43 bits per heavy atom. The minimum absolute atomic E-state index is 0.000913. The summed E-state index contributed by atoms with van der Waals surface area (Å²) >= 11 is 0. The van der Waals surface area contributed by atoms with Crippen LogP contribution in [0.25, 0.3) is 0 Å². The van der Waals surface area contributed by atoms with E-state index in [-0.39, 0.29) is 30.1 Å². The summed E-state index contributed by atoms with van der Waals surface area (Å²) in [7, 11) is 1.59. The molecule has 0 saturated carbocycles. The first-order valence-corrected chi connectivity index (χ1v) is 7.89. The van der Waals surface area contributed by atoms with Crippen LogP contribution in [0.5, 0.6) is 0 Å². The Balaban J connectivity index is 1.49. The van der Waals surface area contributed by atoms with E-state index < -0.39 is 0 Å². The minimum atomic E-state index is -0.222. The van der Waals surface area contributed by atoms with E-state index >= 15 is 0 Å². The fourth-order valence-corrected chi connectivity index (χ4v) is 3.21. The summed E-state index contributed by atoms with van der Waals surface area (Å²) in [6.07, 6.45) is 5.28. The number of ether oxygens (including phenoxy) is 2. The molecule has 1 aromatic rings. The van der Waals surface area contributed by atoms with Gasteiger partial charge >= 0.3 is 0 Å². The van der Waals surface area contributed by atoms with Gasteiger partial charge in [0.05, 0.1) is 30.1 Å². The van der Waals surface area contributed by atoms with Crippen molar-refractivity contribution in [1.82, 2.24) is 10.2 Å². The van der Waals surface area contributed by atoms with Gasteiger partial charge in [0, 0.05) is 26.6 Å². The fourth-order valence-electron chi connectivity index (χ4n) is 3.21. The summed E-state index contributed by atoms with van der Waals surface area (Å²) < 4.78 is 16.5. The molecule has 1 spiro atoms. The highest BCUT2D eigenvalue weighted by Gasteiger charge is 2.44. The zero-order chi connectivity index (χ0) is 16.3. The highest BCUT2D eigenvalue weighted by Crippen LogP contribution is 2.37. The highest BCUT2D eigenvalue weighted by molar-refractivity contribution is 5.93. The van der Waals surface area contributed by atoms with Crippen LogP contribution in [0.1, 0.15) is 29.6 Å². The van der Waals surface area contributed by atoms with Gasteiger partial charge < -0.3 is 24.1 Å². The Morgan fingerprint density at radius 3 is 2.87 bits per heavy atom. The van der Waals surface area contributed by atoms with Crippen LogP contribution in [0.4, 0.5) is 0 Å². The Bertz CT molecular complexity index is 549. The predicted molar refractivity (Wildman–Crippen MR) is 81.0 cm³/mol. The summed E-state index contributed by atoms with van der Waals surface area (Å²) in [5.41, 5.74) is 0.362. The van der Waals surface area contributed by atoms with Crippen molar-refractivity contribution in [1.29, 1.82) is 0 Å². The van der Waals surface area contributed by atoms with Gasteiger partial charge in [-0.1, -0.05) is 0 Å². The molecule has 0 radical (unpaired) electrons. The van der Waals surface area contributed by atoms with E-state index in [1.807, 2.05) is 4.90 Å². The summed E-state index contributed by atoms with van der Waals surface area (Å²) in [4.78, 5) is 25.4. The molecule has 126 valence electrons. The van der Waals surface area contributed by atoms with Crippen LogP contribution in [0.15, 0.2) is 23.0 Å². The molecule has 2 saturated heterocycles. The Morgan fingerprint density at radius 2 is 2.22 bits per heavy atom. The van der Waals surface area contributed by atoms with Crippen LogP contribution in [0.3, 0.4) is 0 Å². The molecule has 7 nitrogen and oxygen atoms in total. The van der Waals surface area contributed by atoms with Crippen LogP contribution in [0.2, 0.25) is 0 Å². The molecule has 2 amide bonds. The molecule has 1 aromatic heterocycles. The Kier molecular flexibility index (Phi) is 4.68. The Labute approximate surface area is 134 Å². The number of piperidine rings is 1. The molecule has 23 heavy (non-hydrogen) atoms. The lowest BCUT2D eigenvalue weighted by Gasteiger charge is -2.38. The van der Waals surface area contributed by atoms with Crippen LogP contribution in [-0.4, -0.2) is 61.8 Å². The third-order valence-electron chi connectivity index (χ3n) is 4.63. The van der Waals surface area contributed by atoms with Crippen molar-refractivity contribution in [2.24, 2.45) is 0 Å². The van der Waals surface area contributed by atoms with E-state index in [1.54, 1.807) is 13.1 Å². The number of likely N-dealkylation sites (tertiary alicyclic amines) is 1. The first-order valence-electron chi connectivity index (χ1n) is 7.89. The molecular weight excluding hydrogens is 300 g/mol. The summed E-state index contributed by atoms with van der Waals surface area (Å²) in [5, 5.41) is 2.54. The van der Waals surface area contributed by atoms with Gasteiger partial charge in [-0.15, -0.1) is 0 Å². The van der Waals surface area contributed by atoms with E-state index in [4.69, 9.17) is 13.9 Å². The number of nitrogens with zero attached hydrogens (tertiary/aromatic N) is 1. The van der Waals surface area contributed by atoms with Gasteiger partial charge in [0.15, 0.2) is 0 Å². The topological polar surface area (TPSA) is 81.0 Å². The standard InChI is InChI=1S/C16H22N2O5/c1-17-14(19)11-22-13-8-16(23-10-13)3-5-18(6-4-16)15(20)12-2-7-21-9-12/h2,7,9,13H,3-6,8,10-11H2,1H3,(H,17,19). The lowest BCUT2D eigenvalue weighted by atomic mass is 9.88. The highest BCUT2D eigenvalue weighted by atomic mass is 16.6. The molecule has 3 heterocycles. The Hall–Kier alpha value is -1.86. The van der Waals surface area contributed by atoms with Gasteiger partial charge in [-0.25, -0.2) is 0 Å². The van der Waals surface area contributed by atoms with E-state index in [9.17, 15) is 9.59 Å². The second-order valence-electron chi connectivity index (χ2n) is 6.11. The third kappa shape index (κ3) is 3.56. The second kappa shape index (κ2) is 6.72. The smallest absolute Gasteiger partial charge is 0.257 e. The number of rotatable bonds is 4. The number of nitrogens with one attached hydrogen (secondary N) is 1. The molecule has 7 heteroatoms. The fraction of sp³-hybridized carbons (Fsp3) is 0.625. The monoisotopic (exact) mass is 322 g/mol. The maximum absolute atomic E-state index is 12.3. The summed E-state index contributed by atoms with van der Waals surface area (Å²) in [5.74, 6) is -0.134. The van der Waals surface area contributed by atoms with Gasteiger partial charge in [0.2, 0.25) is 5.91 Å². The lowest BCUT2D eigenvalue weighted by Crippen LogP contribution is -2.46. The van der Waals surface area contributed by atoms with Crippen molar-refractivity contribution in [2.75, 3.05) is 33.4 Å². The minimum Gasteiger partial charge on any atom is -0.472 e. The predicted octanol–water partition coefficient (Wildman–Crippen LogP) is 0.806. The van der Waals surface area contributed by atoms with Crippen molar-refractivity contribution in [2.45, 2.75) is 31.0 Å².